The van der Waals surface area contributed by atoms with Crippen molar-refractivity contribution in [1.29, 1.82) is 0 Å². The van der Waals surface area contributed by atoms with Gasteiger partial charge in [-0.1, -0.05) is 24.6 Å². The van der Waals surface area contributed by atoms with Crippen LogP contribution in [-0.4, -0.2) is 19.0 Å². The highest BCUT2D eigenvalue weighted by Crippen LogP contribution is 2.34. The van der Waals surface area contributed by atoms with Crippen LogP contribution in [-0.2, 0) is 16.1 Å². The normalized spacial score (nSPS) is 24.0. The number of rotatable bonds is 8. The maximum Gasteiger partial charge on any atom is 0.133 e. The van der Waals surface area contributed by atoms with Gasteiger partial charge in [-0.2, -0.15) is 0 Å². The van der Waals surface area contributed by atoms with Crippen LogP contribution in [0.2, 0.25) is 0 Å². The molecule has 1 aromatic carbocycles. The summed E-state index contributed by atoms with van der Waals surface area (Å²) in [6.45, 7) is 8.76. The zero-order valence-corrected chi connectivity index (χ0v) is 15.2. The molecule has 0 unspecified atom stereocenters. The summed E-state index contributed by atoms with van der Waals surface area (Å²) in [5.41, 5.74) is 2.35. The van der Waals surface area contributed by atoms with Gasteiger partial charge in [0.2, 0.25) is 0 Å². The molecular weight excluding hydrogens is 300 g/mol. The van der Waals surface area contributed by atoms with Crippen LogP contribution in [0.5, 0.6) is 5.75 Å². The summed E-state index contributed by atoms with van der Waals surface area (Å²) in [6.07, 6.45) is 4.62. The minimum Gasteiger partial charge on any atom is -0.497 e. The highest BCUT2D eigenvalue weighted by Gasteiger charge is 2.35. The van der Waals surface area contributed by atoms with Gasteiger partial charge in [0, 0.05) is 12.8 Å². The summed E-state index contributed by atoms with van der Waals surface area (Å²) in [6, 6.07) is 7.98. The Bertz CT molecular complexity index is 547. The van der Waals surface area contributed by atoms with Gasteiger partial charge in [0.05, 0.1) is 19.8 Å². The Kier molecular flexibility index (Phi) is 7.04. The van der Waals surface area contributed by atoms with Crippen molar-refractivity contribution >= 4 is 5.78 Å². The van der Waals surface area contributed by atoms with Crippen molar-refractivity contribution in [3.05, 3.63) is 42.0 Å². The second-order valence-electron chi connectivity index (χ2n) is 7.16. The highest BCUT2D eigenvalue weighted by molar-refractivity contribution is 5.79. The molecule has 1 aliphatic carbocycles. The lowest BCUT2D eigenvalue weighted by atomic mass is 9.76. The van der Waals surface area contributed by atoms with Crippen molar-refractivity contribution in [1.82, 2.24) is 0 Å². The van der Waals surface area contributed by atoms with Crippen LogP contribution < -0.4 is 4.74 Å². The molecule has 0 aromatic heterocycles. The fourth-order valence-corrected chi connectivity index (χ4v) is 3.58. The Labute approximate surface area is 146 Å². The average Bonchev–Trinajstić information content (AvgIpc) is 2.54. The molecule has 0 radical (unpaired) electrons. The smallest absolute Gasteiger partial charge is 0.133 e. The summed E-state index contributed by atoms with van der Waals surface area (Å²) in [5, 5.41) is 0. The largest absolute Gasteiger partial charge is 0.497 e. The van der Waals surface area contributed by atoms with Crippen molar-refractivity contribution in [3.8, 4) is 5.75 Å². The summed E-state index contributed by atoms with van der Waals surface area (Å²) in [7, 11) is 1.67. The summed E-state index contributed by atoms with van der Waals surface area (Å²) < 4.78 is 11.4. The number of benzene rings is 1. The molecule has 3 nitrogen and oxygen atoms in total. The molecule has 0 amide bonds. The van der Waals surface area contributed by atoms with Gasteiger partial charge in [0.15, 0.2) is 0 Å². The minimum absolute atomic E-state index is 0.162. The van der Waals surface area contributed by atoms with E-state index in [0.717, 1.165) is 30.6 Å². The number of hydrogen-bond acceptors (Lipinski definition) is 3. The molecule has 1 saturated carbocycles. The van der Waals surface area contributed by atoms with E-state index in [2.05, 4.69) is 20.4 Å². The van der Waals surface area contributed by atoms with E-state index in [1.807, 2.05) is 24.3 Å². The Balaban J connectivity index is 1.94. The molecular formula is C21H30O3. The molecule has 0 aliphatic heterocycles. The molecule has 0 bridgehead atoms. The second-order valence-corrected chi connectivity index (χ2v) is 7.16. The van der Waals surface area contributed by atoms with Crippen molar-refractivity contribution in [2.24, 2.45) is 11.8 Å². The highest BCUT2D eigenvalue weighted by atomic mass is 16.5. The molecule has 1 fully saturated rings. The number of ether oxygens (including phenoxy) is 2. The molecule has 1 aromatic rings. The van der Waals surface area contributed by atoms with Crippen LogP contribution in [0.3, 0.4) is 0 Å². The van der Waals surface area contributed by atoms with Crippen LogP contribution in [0.1, 0.15) is 51.5 Å². The van der Waals surface area contributed by atoms with Crippen LogP contribution in [0.15, 0.2) is 36.4 Å². The van der Waals surface area contributed by atoms with Gasteiger partial charge in [-0.05, 0) is 55.7 Å². The zero-order valence-electron chi connectivity index (χ0n) is 15.2. The van der Waals surface area contributed by atoms with E-state index in [-0.39, 0.29) is 6.10 Å². The van der Waals surface area contributed by atoms with E-state index >= 15 is 0 Å². The molecule has 3 atom stereocenters. The Morgan fingerprint density at radius 3 is 2.58 bits per heavy atom. The van der Waals surface area contributed by atoms with Gasteiger partial charge in [-0.15, -0.1) is 6.58 Å². The second kappa shape index (κ2) is 9.03. The van der Waals surface area contributed by atoms with E-state index in [9.17, 15) is 4.79 Å². The lowest BCUT2D eigenvalue weighted by Gasteiger charge is -2.36. The fourth-order valence-electron chi connectivity index (χ4n) is 3.58. The van der Waals surface area contributed by atoms with Gasteiger partial charge >= 0.3 is 0 Å². The number of carbonyl (C=O) groups excluding carboxylic acids is 1. The Morgan fingerprint density at radius 1 is 1.25 bits per heavy atom. The lowest BCUT2D eigenvalue weighted by Crippen LogP contribution is -2.38. The molecule has 0 heterocycles. The molecule has 0 N–H and O–H groups in total. The van der Waals surface area contributed by atoms with E-state index < -0.39 is 0 Å². The van der Waals surface area contributed by atoms with Crippen molar-refractivity contribution in [3.63, 3.8) is 0 Å². The first-order valence-electron chi connectivity index (χ1n) is 8.90. The molecule has 0 saturated heterocycles. The fraction of sp³-hybridized carbons (Fsp3) is 0.571. The summed E-state index contributed by atoms with van der Waals surface area (Å²) in [5.74, 6) is 1.86. The summed E-state index contributed by atoms with van der Waals surface area (Å²) in [4.78, 5) is 12.0. The molecule has 3 heteroatoms. The summed E-state index contributed by atoms with van der Waals surface area (Å²) >= 11 is 0. The topological polar surface area (TPSA) is 35.5 Å². The molecule has 1 aliphatic rings. The van der Waals surface area contributed by atoms with E-state index in [1.165, 1.54) is 5.57 Å². The van der Waals surface area contributed by atoms with Crippen molar-refractivity contribution < 1.29 is 14.3 Å². The van der Waals surface area contributed by atoms with E-state index in [1.54, 1.807) is 7.11 Å². The first-order chi connectivity index (χ1) is 11.5. The third kappa shape index (κ3) is 5.48. The monoisotopic (exact) mass is 330 g/mol. The Morgan fingerprint density at radius 2 is 1.96 bits per heavy atom. The first-order valence-corrected chi connectivity index (χ1v) is 8.90. The lowest BCUT2D eigenvalue weighted by molar-refractivity contribution is -0.131. The maximum absolute atomic E-state index is 12.0. The van der Waals surface area contributed by atoms with Gasteiger partial charge in [0.1, 0.15) is 11.5 Å². The van der Waals surface area contributed by atoms with Crippen LogP contribution >= 0.6 is 0 Å². The number of allylic oxidation sites excluding steroid dienone is 1. The Hall–Kier alpha value is -1.61. The van der Waals surface area contributed by atoms with Gasteiger partial charge < -0.3 is 9.47 Å². The van der Waals surface area contributed by atoms with Crippen LogP contribution in [0.25, 0.3) is 0 Å². The predicted octanol–water partition coefficient (Wildman–Crippen LogP) is 4.94. The van der Waals surface area contributed by atoms with Gasteiger partial charge in [0.25, 0.3) is 0 Å². The zero-order chi connectivity index (χ0) is 17.5. The van der Waals surface area contributed by atoms with E-state index in [0.29, 0.717) is 37.1 Å². The number of Topliss-reactive ketones (excluding diaryl/α,β-unsaturated/α-hetero) is 1. The van der Waals surface area contributed by atoms with Crippen LogP contribution in [0, 0.1) is 11.8 Å². The van der Waals surface area contributed by atoms with Crippen molar-refractivity contribution in [2.75, 3.05) is 7.11 Å². The third-order valence-corrected chi connectivity index (χ3v) is 4.84. The molecule has 24 heavy (non-hydrogen) atoms. The maximum atomic E-state index is 12.0. The number of hydrogen-bond donors (Lipinski definition) is 0. The number of methoxy groups -OCH3 is 1. The van der Waals surface area contributed by atoms with E-state index in [4.69, 9.17) is 9.47 Å². The SMILES string of the molecule is C=C(C)CCC[C@@H]1CC(=O)C[C@@H](C)[C@H]1OCc1ccc(OC)cc1. The quantitative estimate of drug-likeness (QED) is 0.633. The molecule has 0 spiro atoms. The number of carbonyl (C=O) groups is 1. The number of ketones is 1. The van der Waals surface area contributed by atoms with Crippen LogP contribution in [0.4, 0.5) is 0 Å². The predicted molar refractivity (Wildman–Crippen MR) is 97.1 cm³/mol. The first kappa shape index (κ1) is 18.7. The third-order valence-electron chi connectivity index (χ3n) is 4.84. The van der Waals surface area contributed by atoms with Crippen molar-refractivity contribution in [2.45, 2.75) is 58.7 Å². The average molecular weight is 330 g/mol. The standard InChI is InChI=1S/C21H30O3/c1-15(2)6-5-7-18-13-19(22)12-16(3)21(18)24-14-17-8-10-20(23-4)11-9-17/h8-11,16,18,21H,1,5-7,12-14H2,2-4H3/t16-,18-,21-/m1/s1. The molecule has 2 rings (SSSR count). The minimum atomic E-state index is 0.162. The molecule has 132 valence electrons. The van der Waals surface area contributed by atoms with Gasteiger partial charge in [-0.25, -0.2) is 0 Å². The van der Waals surface area contributed by atoms with Gasteiger partial charge in [-0.3, -0.25) is 4.79 Å².